The summed E-state index contributed by atoms with van der Waals surface area (Å²) in [5, 5.41) is 3.47. The maximum absolute atomic E-state index is 12.4. The fourth-order valence-electron chi connectivity index (χ4n) is 2.57. The van der Waals surface area contributed by atoms with Crippen LogP contribution in [0.2, 0.25) is 10.0 Å². The maximum atomic E-state index is 12.4. The van der Waals surface area contributed by atoms with Gasteiger partial charge in [0.2, 0.25) is 0 Å². The third-order valence-corrected chi connectivity index (χ3v) is 4.34. The predicted molar refractivity (Wildman–Crippen MR) is 80.4 cm³/mol. The van der Waals surface area contributed by atoms with E-state index in [2.05, 4.69) is 5.32 Å². The highest BCUT2D eigenvalue weighted by molar-refractivity contribution is 6.37. The van der Waals surface area contributed by atoms with Gasteiger partial charge in [-0.05, 0) is 12.1 Å². The first-order valence-corrected chi connectivity index (χ1v) is 7.58. The zero-order valence-electron chi connectivity index (χ0n) is 11.6. The minimum Gasteiger partial charge on any atom is -0.489 e. The van der Waals surface area contributed by atoms with E-state index in [1.165, 1.54) is 0 Å². The van der Waals surface area contributed by atoms with Crippen molar-refractivity contribution in [2.75, 3.05) is 26.4 Å². The molecule has 0 saturated carbocycles. The van der Waals surface area contributed by atoms with Gasteiger partial charge >= 0.3 is 6.03 Å². The van der Waals surface area contributed by atoms with E-state index in [-0.39, 0.29) is 25.7 Å². The Hall–Kier alpha value is -1.50. The van der Waals surface area contributed by atoms with E-state index in [4.69, 9.17) is 32.7 Å². The van der Waals surface area contributed by atoms with E-state index in [1.54, 1.807) is 18.2 Å². The van der Waals surface area contributed by atoms with Crippen LogP contribution in [0.25, 0.3) is 0 Å². The minimum atomic E-state index is -0.904. The fraction of sp³-hybridized carbons (Fsp3) is 0.429. The number of rotatable bonds is 4. The van der Waals surface area contributed by atoms with Gasteiger partial charge in [-0.2, -0.15) is 0 Å². The van der Waals surface area contributed by atoms with Gasteiger partial charge in [-0.15, -0.1) is 0 Å². The average molecular weight is 345 g/mol. The number of ether oxygens (including phenoxy) is 2. The third-order valence-electron chi connectivity index (χ3n) is 3.75. The number of urea groups is 1. The van der Waals surface area contributed by atoms with E-state index in [1.807, 2.05) is 0 Å². The maximum Gasteiger partial charge on any atom is 0.325 e. The summed E-state index contributed by atoms with van der Waals surface area (Å²) in [5.41, 5.74) is -0.904. The first-order valence-electron chi connectivity index (χ1n) is 6.82. The number of para-hydroxylation sites is 1. The Bertz CT molecular complexity index is 597. The number of halogens is 2. The standard InChI is InChI=1S/C14H14Cl2N2O4/c15-9-2-1-3-10(16)11(9)22-7-5-18-12(19)14(17-13(18)20)4-6-21-8-14/h1-3H,4-8H2,(H,17,20)/t14-/m0/s1. The van der Waals surface area contributed by atoms with E-state index < -0.39 is 11.6 Å². The van der Waals surface area contributed by atoms with Gasteiger partial charge in [-0.3, -0.25) is 9.69 Å². The van der Waals surface area contributed by atoms with E-state index >= 15 is 0 Å². The van der Waals surface area contributed by atoms with E-state index in [0.29, 0.717) is 28.8 Å². The molecule has 3 amide bonds. The minimum absolute atomic E-state index is 0.111. The van der Waals surface area contributed by atoms with Crippen molar-refractivity contribution in [3.05, 3.63) is 28.2 Å². The van der Waals surface area contributed by atoms with Crippen LogP contribution >= 0.6 is 23.2 Å². The molecule has 1 aromatic carbocycles. The molecule has 0 unspecified atom stereocenters. The predicted octanol–water partition coefficient (Wildman–Crippen LogP) is 2.08. The van der Waals surface area contributed by atoms with Crippen LogP contribution in [-0.2, 0) is 9.53 Å². The molecule has 118 valence electrons. The van der Waals surface area contributed by atoms with Crippen LogP contribution in [0.15, 0.2) is 18.2 Å². The van der Waals surface area contributed by atoms with Gasteiger partial charge in [0.25, 0.3) is 5.91 Å². The number of nitrogens with zero attached hydrogens (tertiary/aromatic N) is 1. The molecule has 2 saturated heterocycles. The molecular formula is C14H14Cl2N2O4. The Morgan fingerprint density at radius 3 is 2.68 bits per heavy atom. The van der Waals surface area contributed by atoms with Crippen molar-refractivity contribution in [1.82, 2.24) is 10.2 Å². The summed E-state index contributed by atoms with van der Waals surface area (Å²) in [6.45, 7) is 0.907. The number of hydrogen-bond donors (Lipinski definition) is 1. The van der Waals surface area contributed by atoms with Gasteiger partial charge in [0, 0.05) is 13.0 Å². The number of benzene rings is 1. The van der Waals surface area contributed by atoms with Gasteiger partial charge < -0.3 is 14.8 Å². The van der Waals surface area contributed by atoms with E-state index in [9.17, 15) is 9.59 Å². The molecule has 1 spiro atoms. The molecule has 2 aliphatic heterocycles. The van der Waals surface area contributed by atoms with Crippen LogP contribution in [0, 0.1) is 0 Å². The van der Waals surface area contributed by atoms with Gasteiger partial charge in [-0.25, -0.2) is 4.79 Å². The van der Waals surface area contributed by atoms with Crippen molar-refractivity contribution in [2.24, 2.45) is 0 Å². The molecule has 0 aliphatic carbocycles. The largest absolute Gasteiger partial charge is 0.489 e. The van der Waals surface area contributed by atoms with Gasteiger partial charge in [-0.1, -0.05) is 29.3 Å². The summed E-state index contributed by atoms with van der Waals surface area (Å²) in [5.74, 6) is 0.0701. The molecular weight excluding hydrogens is 331 g/mol. The summed E-state index contributed by atoms with van der Waals surface area (Å²) in [6.07, 6.45) is 0.491. The lowest BCUT2D eigenvalue weighted by molar-refractivity contribution is -0.131. The average Bonchev–Trinajstić information content (AvgIpc) is 3.03. The van der Waals surface area contributed by atoms with Crippen molar-refractivity contribution < 1.29 is 19.1 Å². The lowest BCUT2D eigenvalue weighted by Crippen LogP contribution is -2.47. The highest BCUT2D eigenvalue weighted by Gasteiger charge is 2.53. The summed E-state index contributed by atoms with van der Waals surface area (Å²) >= 11 is 12.0. The topological polar surface area (TPSA) is 67.9 Å². The summed E-state index contributed by atoms with van der Waals surface area (Å²) < 4.78 is 10.7. The van der Waals surface area contributed by atoms with Crippen LogP contribution in [0.4, 0.5) is 4.79 Å². The third kappa shape index (κ3) is 2.62. The molecule has 3 rings (SSSR count). The number of nitrogens with one attached hydrogen (secondary N) is 1. The second kappa shape index (κ2) is 5.95. The lowest BCUT2D eigenvalue weighted by Gasteiger charge is -2.18. The van der Waals surface area contributed by atoms with Gasteiger partial charge in [0.15, 0.2) is 5.75 Å². The van der Waals surface area contributed by atoms with Crippen LogP contribution in [-0.4, -0.2) is 48.7 Å². The summed E-state index contributed by atoms with van der Waals surface area (Å²) in [4.78, 5) is 25.5. The number of imide groups is 1. The summed E-state index contributed by atoms with van der Waals surface area (Å²) in [7, 11) is 0. The Labute approximate surface area is 137 Å². The highest BCUT2D eigenvalue weighted by atomic mass is 35.5. The Morgan fingerprint density at radius 1 is 1.32 bits per heavy atom. The zero-order valence-corrected chi connectivity index (χ0v) is 13.1. The van der Waals surface area contributed by atoms with Gasteiger partial charge in [0.1, 0.15) is 12.1 Å². The quantitative estimate of drug-likeness (QED) is 0.849. The fourth-order valence-corrected chi connectivity index (χ4v) is 3.08. The first kappa shape index (κ1) is 15.4. The molecule has 0 radical (unpaired) electrons. The Kier molecular flexibility index (Phi) is 4.16. The van der Waals surface area contributed by atoms with E-state index in [0.717, 1.165) is 4.90 Å². The number of amides is 3. The molecule has 2 aliphatic rings. The Morgan fingerprint density at radius 2 is 2.05 bits per heavy atom. The molecule has 22 heavy (non-hydrogen) atoms. The lowest BCUT2D eigenvalue weighted by atomic mass is 9.99. The normalized spacial score (nSPS) is 24.2. The second-order valence-corrected chi connectivity index (χ2v) is 5.99. The molecule has 1 atom stereocenters. The monoisotopic (exact) mass is 344 g/mol. The number of hydrogen-bond acceptors (Lipinski definition) is 4. The van der Waals surface area contributed by atoms with Crippen molar-refractivity contribution in [2.45, 2.75) is 12.0 Å². The molecule has 0 bridgehead atoms. The zero-order chi connectivity index (χ0) is 15.7. The number of carbonyl (C=O) groups is 2. The van der Waals surface area contributed by atoms with Gasteiger partial charge in [0.05, 0.1) is 23.2 Å². The summed E-state index contributed by atoms with van der Waals surface area (Å²) in [6, 6.07) is 4.59. The van der Waals surface area contributed by atoms with Crippen molar-refractivity contribution >= 4 is 35.1 Å². The molecule has 2 fully saturated rings. The second-order valence-electron chi connectivity index (χ2n) is 5.17. The van der Waals surface area contributed by atoms with Crippen molar-refractivity contribution in [3.63, 3.8) is 0 Å². The molecule has 2 heterocycles. The van der Waals surface area contributed by atoms with Crippen LogP contribution in [0.5, 0.6) is 5.75 Å². The first-order chi connectivity index (χ1) is 10.5. The molecule has 1 N–H and O–H groups in total. The van der Waals surface area contributed by atoms with Crippen molar-refractivity contribution in [3.8, 4) is 5.75 Å². The smallest absolute Gasteiger partial charge is 0.325 e. The van der Waals surface area contributed by atoms with Crippen LogP contribution in [0.1, 0.15) is 6.42 Å². The highest BCUT2D eigenvalue weighted by Crippen LogP contribution is 2.32. The van der Waals surface area contributed by atoms with Crippen LogP contribution in [0.3, 0.4) is 0 Å². The SMILES string of the molecule is O=C1N[C@]2(CCOC2)C(=O)N1CCOc1c(Cl)cccc1Cl. The molecule has 8 heteroatoms. The van der Waals surface area contributed by atoms with Crippen LogP contribution < -0.4 is 10.1 Å². The molecule has 6 nitrogen and oxygen atoms in total. The molecule has 0 aromatic heterocycles. The van der Waals surface area contributed by atoms with Crippen molar-refractivity contribution in [1.29, 1.82) is 0 Å². The molecule has 1 aromatic rings. The Balaban J connectivity index is 1.62. The number of carbonyl (C=O) groups excluding carboxylic acids is 2.